The summed E-state index contributed by atoms with van der Waals surface area (Å²) in [5, 5.41) is 6.94. The molecule has 0 aliphatic rings. The Morgan fingerprint density at radius 3 is 1.48 bits per heavy atom. The molecular weight excluding hydrogens is 514 g/mol. The minimum Gasteiger partial charge on any atom is -0.467 e. The third-order valence-electron chi connectivity index (χ3n) is 6.36. The number of methoxy groups -OCH3 is 2. The van der Waals surface area contributed by atoms with Crippen molar-refractivity contribution < 1.29 is 28.7 Å². The summed E-state index contributed by atoms with van der Waals surface area (Å²) in [5.41, 5.74) is 2.19. The molecule has 5 aromatic rings. The molecule has 0 radical (unpaired) electrons. The number of hydrogen-bond donors (Lipinski definition) is 4. The summed E-state index contributed by atoms with van der Waals surface area (Å²) in [6.07, 6.45) is 0. The van der Waals surface area contributed by atoms with E-state index in [0.717, 1.165) is 21.8 Å². The van der Waals surface area contributed by atoms with Crippen LogP contribution in [0.5, 0.6) is 0 Å². The maximum Gasteiger partial charge on any atom is 0.334 e. The molecule has 2 atom stereocenters. The van der Waals surface area contributed by atoms with Crippen LogP contribution in [-0.4, -0.2) is 52.9 Å². The normalized spacial score (nSPS) is 12.4. The van der Waals surface area contributed by atoms with Crippen molar-refractivity contribution in [3.63, 3.8) is 0 Å². The molecule has 40 heavy (non-hydrogen) atoms. The lowest BCUT2D eigenvalue weighted by Crippen LogP contribution is -2.37. The number of aromatic amines is 2. The average Bonchev–Trinajstić information content (AvgIpc) is 3.62. The van der Waals surface area contributed by atoms with Crippen LogP contribution in [0.15, 0.2) is 78.9 Å². The van der Waals surface area contributed by atoms with Crippen LogP contribution in [0, 0.1) is 0 Å². The van der Waals surface area contributed by atoms with E-state index in [1.54, 1.807) is 12.1 Å². The zero-order valence-corrected chi connectivity index (χ0v) is 21.6. The largest absolute Gasteiger partial charge is 0.467 e. The van der Waals surface area contributed by atoms with Crippen molar-refractivity contribution in [1.82, 2.24) is 25.6 Å². The summed E-state index contributed by atoms with van der Waals surface area (Å²) in [5.74, 6) is -2.78. The molecule has 2 aromatic carbocycles. The Bertz CT molecular complexity index is 1550. The van der Waals surface area contributed by atoms with E-state index >= 15 is 0 Å². The van der Waals surface area contributed by atoms with Crippen LogP contribution in [0.4, 0.5) is 0 Å². The van der Waals surface area contributed by atoms with Gasteiger partial charge in [0, 0.05) is 11.0 Å². The van der Waals surface area contributed by atoms with Gasteiger partial charge in [-0.3, -0.25) is 9.59 Å². The number of hydrogen-bond acceptors (Lipinski definition) is 7. The van der Waals surface area contributed by atoms with Crippen molar-refractivity contribution in [2.75, 3.05) is 14.2 Å². The lowest BCUT2D eigenvalue weighted by molar-refractivity contribution is -0.144. The maximum absolute atomic E-state index is 13.1. The van der Waals surface area contributed by atoms with Crippen molar-refractivity contribution in [1.29, 1.82) is 0 Å². The molecule has 0 unspecified atom stereocenters. The second kappa shape index (κ2) is 11.1. The van der Waals surface area contributed by atoms with E-state index in [1.165, 1.54) is 32.4 Å². The number of esters is 2. The number of carbonyl (C=O) groups excluding carboxylic acids is 4. The first-order valence-electron chi connectivity index (χ1n) is 12.3. The van der Waals surface area contributed by atoms with E-state index in [2.05, 4.69) is 25.6 Å². The first-order valence-corrected chi connectivity index (χ1v) is 12.3. The first kappa shape index (κ1) is 26.2. The number of aromatic nitrogens is 3. The molecule has 11 heteroatoms. The van der Waals surface area contributed by atoms with E-state index < -0.39 is 35.8 Å². The molecule has 0 saturated carbocycles. The summed E-state index contributed by atoms with van der Waals surface area (Å²) >= 11 is 0. The third kappa shape index (κ3) is 5.25. The third-order valence-corrected chi connectivity index (χ3v) is 6.36. The highest BCUT2D eigenvalue weighted by atomic mass is 16.5. The minimum atomic E-state index is -1.14. The molecule has 4 N–H and O–H groups in total. The molecule has 11 nitrogen and oxygen atoms in total. The second-order valence-corrected chi connectivity index (χ2v) is 8.89. The SMILES string of the molecule is COC(=O)[C@@H](NC(=O)c1cccc(C(=O)N[C@H](C(=O)OC)c2cc3ccccc3[nH]2)n1)c1cc2ccccc2[nH]1. The highest BCUT2D eigenvalue weighted by Crippen LogP contribution is 2.23. The molecule has 202 valence electrons. The van der Waals surface area contributed by atoms with Crippen molar-refractivity contribution >= 4 is 45.6 Å². The van der Waals surface area contributed by atoms with Gasteiger partial charge in [0.25, 0.3) is 11.8 Å². The van der Waals surface area contributed by atoms with Gasteiger partial charge >= 0.3 is 11.9 Å². The van der Waals surface area contributed by atoms with Crippen molar-refractivity contribution in [2.24, 2.45) is 0 Å². The Hall–Kier alpha value is -5.45. The van der Waals surface area contributed by atoms with Gasteiger partial charge in [0.15, 0.2) is 12.1 Å². The van der Waals surface area contributed by atoms with Gasteiger partial charge < -0.3 is 30.1 Å². The van der Waals surface area contributed by atoms with Gasteiger partial charge in [-0.1, -0.05) is 42.5 Å². The first-order chi connectivity index (χ1) is 19.4. The van der Waals surface area contributed by atoms with Gasteiger partial charge in [-0.2, -0.15) is 0 Å². The maximum atomic E-state index is 13.1. The molecule has 0 spiro atoms. The standard InChI is InChI=1S/C29H25N5O6/c1-39-28(37)24(22-14-16-8-3-5-10-18(16)30-22)33-26(35)20-12-7-13-21(32-20)27(36)34-25(29(38)40-2)23-15-17-9-4-6-11-19(17)31-23/h3-15,24-25,30-31H,1-2H3,(H,33,35)(H,34,36)/t24-,25-/m0/s1. The number of nitrogens with zero attached hydrogens (tertiary/aromatic N) is 1. The quantitative estimate of drug-likeness (QED) is 0.220. The number of amides is 2. The van der Waals surface area contributed by atoms with Crippen LogP contribution in [0.25, 0.3) is 21.8 Å². The molecule has 3 heterocycles. The number of benzene rings is 2. The van der Waals surface area contributed by atoms with Crippen molar-refractivity contribution in [3.8, 4) is 0 Å². The Labute approximate surface area is 227 Å². The highest BCUT2D eigenvalue weighted by molar-refractivity contribution is 5.99. The van der Waals surface area contributed by atoms with Gasteiger partial charge in [0.1, 0.15) is 11.4 Å². The number of carbonyl (C=O) groups is 4. The minimum absolute atomic E-state index is 0.113. The fourth-order valence-corrected chi connectivity index (χ4v) is 4.36. The van der Waals surface area contributed by atoms with Crippen LogP contribution in [0.3, 0.4) is 0 Å². The Balaban J connectivity index is 1.37. The summed E-state index contributed by atoms with van der Waals surface area (Å²) in [4.78, 5) is 61.8. The molecule has 2 amide bonds. The Morgan fingerprint density at radius 2 is 1.07 bits per heavy atom. The van der Waals surface area contributed by atoms with E-state index in [4.69, 9.17) is 9.47 Å². The summed E-state index contributed by atoms with van der Waals surface area (Å²) < 4.78 is 9.79. The van der Waals surface area contributed by atoms with E-state index in [0.29, 0.717) is 11.4 Å². The van der Waals surface area contributed by atoms with E-state index in [9.17, 15) is 19.2 Å². The average molecular weight is 540 g/mol. The van der Waals surface area contributed by atoms with E-state index in [1.807, 2.05) is 48.5 Å². The van der Waals surface area contributed by atoms with Crippen LogP contribution < -0.4 is 10.6 Å². The zero-order valence-electron chi connectivity index (χ0n) is 21.6. The molecular formula is C29H25N5O6. The fourth-order valence-electron chi connectivity index (χ4n) is 4.36. The number of H-pyrrole nitrogens is 2. The molecule has 3 aromatic heterocycles. The highest BCUT2D eigenvalue weighted by Gasteiger charge is 2.28. The summed E-state index contributed by atoms with van der Waals surface area (Å²) in [7, 11) is 2.44. The molecule has 0 aliphatic carbocycles. The van der Waals surface area contributed by atoms with Gasteiger partial charge in [0.05, 0.1) is 25.6 Å². The second-order valence-electron chi connectivity index (χ2n) is 8.89. The van der Waals surface area contributed by atoms with Crippen molar-refractivity contribution in [2.45, 2.75) is 12.1 Å². The monoisotopic (exact) mass is 539 g/mol. The summed E-state index contributed by atoms with van der Waals surface area (Å²) in [6, 6.07) is 20.3. The van der Waals surface area contributed by atoms with Gasteiger partial charge in [0.2, 0.25) is 0 Å². The van der Waals surface area contributed by atoms with Gasteiger partial charge in [-0.15, -0.1) is 0 Å². The zero-order chi connectivity index (χ0) is 28.2. The topological polar surface area (TPSA) is 155 Å². The predicted octanol–water partition coefficient (Wildman–Crippen LogP) is 3.33. The Morgan fingerprint density at radius 1 is 0.650 bits per heavy atom. The predicted molar refractivity (Wildman–Crippen MR) is 145 cm³/mol. The smallest absolute Gasteiger partial charge is 0.334 e. The van der Waals surface area contributed by atoms with Crippen LogP contribution in [0.1, 0.15) is 44.4 Å². The van der Waals surface area contributed by atoms with Crippen LogP contribution >= 0.6 is 0 Å². The van der Waals surface area contributed by atoms with E-state index in [-0.39, 0.29) is 11.4 Å². The summed E-state index contributed by atoms with van der Waals surface area (Å²) in [6.45, 7) is 0. The van der Waals surface area contributed by atoms with Crippen molar-refractivity contribution in [3.05, 3.63) is 102 Å². The van der Waals surface area contributed by atoms with Gasteiger partial charge in [-0.25, -0.2) is 14.6 Å². The Kier molecular flexibility index (Phi) is 7.27. The number of nitrogens with one attached hydrogen (secondary N) is 4. The number of para-hydroxylation sites is 2. The van der Waals surface area contributed by atoms with Crippen LogP contribution in [-0.2, 0) is 19.1 Å². The number of ether oxygens (including phenoxy) is 2. The fraction of sp³-hybridized carbons (Fsp3) is 0.138. The number of fused-ring (bicyclic) bond motifs is 2. The molecule has 5 rings (SSSR count). The number of pyridine rings is 1. The van der Waals surface area contributed by atoms with Crippen LogP contribution in [0.2, 0.25) is 0 Å². The molecule has 0 fully saturated rings. The lowest BCUT2D eigenvalue weighted by atomic mass is 10.1. The number of rotatable bonds is 8. The molecule has 0 aliphatic heterocycles. The molecule has 0 saturated heterocycles. The van der Waals surface area contributed by atoms with Gasteiger partial charge in [-0.05, 0) is 47.2 Å². The lowest BCUT2D eigenvalue weighted by Gasteiger charge is -2.16. The molecule has 0 bridgehead atoms.